The summed E-state index contributed by atoms with van der Waals surface area (Å²) in [5.41, 5.74) is 0.843. The van der Waals surface area contributed by atoms with E-state index in [-0.39, 0.29) is 24.3 Å². The number of hydrogen-bond acceptors (Lipinski definition) is 4. The van der Waals surface area contributed by atoms with Gasteiger partial charge in [-0.3, -0.25) is 9.59 Å². The topological polar surface area (TPSA) is 62.6 Å². The van der Waals surface area contributed by atoms with Crippen LogP contribution in [-0.2, 0) is 16.0 Å². The van der Waals surface area contributed by atoms with Gasteiger partial charge in [-0.1, -0.05) is 13.8 Å². The van der Waals surface area contributed by atoms with E-state index in [1.807, 2.05) is 0 Å². The molecule has 6 heteroatoms. The van der Waals surface area contributed by atoms with Gasteiger partial charge in [0.25, 0.3) is 0 Å². The second-order valence-corrected chi connectivity index (χ2v) is 6.66. The van der Waals surface area contributed by atoms with E-state index in [9.17, 15) is 9.59 Å². The Morgan fingerprint density at radius 3 is 3.00 bits per heavy atom. The maximum atomic E-state index is 12.3. The molecule has 0 saturated carbocycles. The van der Waals surface area contributed by atoms with Crippen molar-refractivity contribution in [3.8, 4) is 0 Å². The Balaban J connectivity index is 1.87. The van der Waals surface area contributed by atoms with Gasteiger partial charge < -0.3 is 14.6 Å². The van der Waals surface area contributed by atoms with Gasteiger partial charge in [0.1, 0.15) is 6.04 Å². The van der Waals surface area contributed by atoms with Gasteiger partial charge in [0.2, 0.25) is 11.8 Å². The lowest BCUT2D eigenvalue weighted by Crippen LogP contribution is -2.48. The van der Waals surface area contributed by atoms with Crippen LogP contribution >= 0.6 is 11.8 Å². The van der Waals surface area contributed by atoms with Crippen LogP contribution in [0.2, 0.25) is 0 Å². The van der Waals surface area contributed by atoms with Gasteiger partial charge in [-0.2, -0.15) is 0 Å². The van der Waals surface area contributed by atoms with Gasteiger partial charge in [-0.25, -0.2) is 0 Å². The van der Waals surface area contributed by atoms with E-state index in [4.69, 9.17) is 4.42 Å². The molecular formula is C15H22N2O3S. The molecule has 1 aromatic heterocycles. The molecule has 0 aliphatic carbocycles. The monoisotopic (exact) mass is 310 g/mol. The molecule has 1 aliphatic rings. The third kappa shape index (κ3) is 4.52. The molecule has 5 nitrogen and oxygen atoms in total. The van der Waals surface area contributed by atoms with E-state index in [1.165, 1.54) is 0 Å². The van der Waals surface area contributed by atoms with Gasteiger partial charge in [-0.15, -0.1) is 11.8 Å². The van der Waals surface area contributed by atoms with Crippen molar-refractivity contribution in [3.05, 3.63) is 24.2 Å². The maximum Gasteiger partial charge on any atom is 0.243 e. The fraction of sp³-hybridized carbons (Fsp3) is 0.600. The Hall–Kier alpha value is -1.43. The lowest BCUT2D eigenvalue weighted by Gasteiger charge is -2.23. The molecule has 1 saturated heterocycles. The number of amides is 2. The number of nitrogens with zero attached hydrogens (tertiary/aromatic N) is 1. The molecule has 1 fully saturated rings. The van der Waals surface area contributed by atoms with Crippen LogP contribution in [0, 0.1) is 5.92 Å². The highest BCUT2D eigenvalue weighted by molar-refractivity contribution is 7.99. The summed E-state index contributed by atoms with van der Waals surface area (Å²) in [5, 5.41) is 2.93. The normalized spacial score (nSPS) is 18.2. The lowest BCUT2D eigenvalue weighted by atomic mass is 10.1. The molecule has 2 heterocycles. The van der Waals surface area contributed by atoms with Crippen LogP contribution in [0.5, 0.6) is 0 Å². The minimum atomic E-state index is -0.346. The minimum absolute atomic E-state index is 0.0228. The zero-order valence-corrected chi connectivity index (χ0v) is 13.3. The van der Waals surface area contributed by atoms with Gasteiger partial charge in [0.05, 0.1) is 24.8 Å². The summed E-state index contributed by atoms with van der Waals surface area (Å²) >= 11 is 1.62. The summed E-state index contributed by atoms with van der Waals surface area (Å²) in [6.45, 7) is 4.91. The van der Waals surface area contributed by atoms with Crippen LogP contribution in [0.4, 0.5) is 0 Å². The van der Waals surface area contributed by atoms with Crippen LogP contribution in [-0.4, -0.2) is 40.9 Å². The summed E-state index contributed by atoms with van der Waals surface area (Å²) in [4.78, 5) is 26.2. The molecule has 1 aliphatic heterocycles. The highest BCUT2D eigenvalue weighted by atomic mass is 32.2. The Kier molecular flexibility index (Phi) is 5.73. The van der Waals surface area contributed by atoms with Crippen LogP contribution in [0.3, 0.4) is 0 Å². The third-order valence-electron chi connectivity index (χ3n) is 3.46. The fourth-order valence-electron chi connectivity index (χ4n) is 2.18. The zero-order valence-electron chi connectivity index (χ0n) is 12.5. The summed E-state index contributed by atoms with van der Waals surface area (Å²) in [6, 6.07) is 1.43. The Morgan fingerprint density at radius 1 is 1.52 bits per heavy atom. The molecule has 1 atom stereocenters. The SMILES string of the molecule is CC(C)CCNC(=O)[C@@H]1CSCN1C(=O)Cc1ccoc1. The number of carbonyl (C=O) groups excluding carboxylic acids is 2. The van der Waals surface area contributed by atoms with Crippen LogP contribution in [0.1, 0.15) is 25.8 Å². The molecule has 21 heavy (non-hydrogen) atoms. The number of rotatable bonds is 6. The van der Waals surface area contributed by atoms with E-state index < -0.39 is 0 Å². The predicted molar refractivity (Wildman–Crippen MR) is 82.8 cm³/mol. The number of furan rings is 1. The maximum absolute atomic E-state index is 12.3. The number of carbonyl (C=O) groups is 2. The standard InChI is InChI=1S/C15H22N2O3S/c1-11(2)3-5-16-15(19)13-9-21-10-17(13)14(18)7-12-4-6-20-8-12/h4,6,8,11,13H,3,5,7,9-10H2,1-2H3,(H,16,19)/t13-/m0/s1. The van der Waals surface area contributed by atoms with E-state index >= 15 is 0 Å². The molecule has 1 N–H and O–H groups in total. The second-order valence-electron chi connectivity index (χ2n) is 5.66. The van der Waals surface area contributed by atoms with Crippen molar-refractivity contribution in [2.45, 2.75) is 32.7 Å². The van der Waals surface area contributed by atoms with Crippen LogP contribution < -0.4 is 5.32 Å². The van der Waals surface area contributed by atoms with Gasteiger partial charge in [-0.05, 0) is 24.0 Å². The molecular weight excluding hydrogens is 288 g/mol. The van der Waals surface area contributed by atoms with Crippen LogP contribution in [0.15, 0.2) is 23.0 Å². The highest BCUT2D eigenvalue weighted by Crippen LogP contribution is 2.22. The molecule has 0 spiro atoms. The van der Waals surface area contributed by atoms with Gasteiger partial charge in [0.15, 0.2) is 0 Å². The number of nitrogens with one attached hydrogen (secondary N) is 1. The van der Waals surface area contributed by atoms with Gasteiger partial charge in [0, 0.05) is 12.3 Å². The lowest BCUT2D eigenvalue weighted by molar-refractivity contribution is -0.137. The third-order valence-corrected chi connectivity index (χ3v) is 4.47. The van der Waals surface area contributed by atoms with Crippen molar-refractivity contribution >= 4 is 23.6 Å². The average Bonchev–Trinajstić information content (AvgIpc) is 3.08. The number of hydrogen-bond donors (Lipinski definition) is 1. The van der Waals surface area contributed by atoms with Gasteiger partial charge >= 0.3 is 0 Å². The van der Waals surface area contributed by atoms with Crippen molar-refractivity contribution in [1.82, 2.24) is 10.2 Å². The molecule has 2 rings (SSSR count). The van der Waals surface area contributed by atoms with E-state index in [0.29, 0.717) is 24.1 Å². The first-order valence-electron chi connectivity index (χ1n) is 7.24. The fourth-order valence-corrected chi connectivity index (χ4v) is 3.36. The first-order chi connectivity index (χ1) is 10.1. The largest absolute Gasteiger partial charge is 0.472 e. The molecule has 0 radical (unpaired) electrons. The molecule has 1 aromatic rings. The Bertz CT molecular complexity index is 473. The molecule has 2 amide bonds. The van der Waals surface area contributed by atoms with Crippen molar-refractivity contribution in [2.75, 3.05) is 18.2 Å². The number of thioether (sulfide) groups is 1. The summed E-state index contributed by atoms with van der Waals surface area (Å²) < 4.78 is 4.97. The molecule has 0 bridgehead atoms. The molecule has 0 aromatic carbocycles. The zero-order chi connectivity index (χ0) is 15.2. The first kappa shape index (κ1) is 15.9. The predicted octanol–water partition coefficient (Wildman–Crippen LogP) is 1.89. The Labute approximate surface area is 129 Å². The summed E-state index contributed by atoms with van der Waals surface area (Å²) in [7, 11) is 0. The van der Waals surface area contributed by atoms with Crippen molar-refractivity contribution in [3.63, 3.8) is 0 Å². The first-order valence-corrected chi connectivity index (χ1v) is 8.39. The highest BCUT2D eigenvalue weighted by Gasteiger charge is 2.34. The van der Waals surface area contributed by atoms with Crippen LogP contribution in [0.25, 0.3) is 0 Å². The van der Waals surface area contributed by atoms with Crippen molar-refractivity contribution < 1.29 is 14.0 Å². The van der Waals surface area contributed by atoms with Crippen molar-refractivity contribution in [1.29, 1.82) is 0 Å². The van der Waals surface area contributed by atoms with E-state index in [0.717, 1.165) is 12.0 Å². The van der Waals surface area contributed by atoms with E-state index in [1.54, 1.807) is 35.3 Å². The second kappa shape index (κ2) is 7.54. The average molecular weight is 310 g/mol. The smallest absolute Gasteiger partial charge is 0.243 e. The minimum Gasteiger partial charge on any atom is -0.472 e. The Morgan fingerprint density at radius 2 is 2.33 bits per heavy atom. The van der Waals surface area contributed by atoms with Crippen molar-refractivity contribution in [2.24, 2.45) is 5.92 Å². The summed E-state index contributed by atoms with van der Waals surface area (Å²) in [6.07, 6.45) is 4.36. The molecule has 116 valence electrons. The quantitative estimate of drug-likeness (QED) is 0.871. The molecule has 0 unspecified atom stereocenters. The summed E-state index contributed by atoms with van der Waals surface area (Å²) in [5.74, 6) is 1.75. The van der Waals surface area contributed by atoms with E-state index in [2.05, 4.69) is 19.2 Å².